The highest BCUT2D eigenvalue weighted by atomic mass is 19.4. The van der Waals surface area contributed by atoms with Crippen molar-refractivity contribution in [3.05, 3.63) is 48.1 Å². The van der Waals surface area contributed by atoms with Crippen LogP contribution in [-0.2, 0) is 0 Å². The summed E-state index contributed by atoms with van der Waals surface area (Å²) in [5.74, 6) is -1.22. The second kappa shape index (κ2) is 6.92. The highest BCUT2D eigenvalue weighted by Gasteiger charge is 2.50. The Morgan fingerprint density at radius 1 is 1.10 bits per heavy atom. The van der Waals surface area contributed by atoms with Crippen molar-refractivity contribution in [2.45, 2.75) is 25.9 Å². The molecule has 2 aromatic heterocycles. The van der Waals surface area contributed by atoms with Gasteiger partial charge in [0.15, 0.2) is 0 Å². The number of fused-ring (bicyclic) bond motifs is 2. The molecule has 158 valence electrons. The molecule has 0 aromatic carbocycles. The number of aryl methyl sites for hydroxylation is 1. The third kappa shape index (κ3) is 3.20. The van der Waals surface area contributed by atoms with Crippen LogP contribution in [0.1, 0.15) is 29.2 Å². The predicted octanol–water partition coefficient (Wildman–Crippen LogP) is 3.45. The Morgan fingerprint density at radius 3 is 2.47 bits per heavy atom. The molecule has 1 amide bonds. The zero-order valence-corrected chi connectivity index (χ0v) is 16.5. The molecule has 6 nitrogen and oxygen atoms in total. The molecule has 9 heteroatoms. The first-order valence-corrected chi connectivity index (χ1v) is 10.2. The molecule has 0 bridgehead atoms. The van der Waals surface area contributed by atoms with Gasteiger partial charge in [0.05, 0.1) is 5.92 Å². The number of carbonyl (C=O) groups is 1. The Balaban J connectivity index is 1.27. The minimum Gasteiger partial charge on any atom is -0.335 e. The highest BCUT2D eigenvalue weighted by molar-refractivity contribution is 5.91. The van der Waals surface area contributed by atoms with Crippen LogP contribution in [-0.4, -0.2) is 49.7 Å². The fourth-order valence-electron chi connectivity index (χ4n) is 5.37. The lowest BCUT2D eigenvalue weighted by atomic mass is 9.77. The van der Waals surface area contributed by atoms with E-state index in [1.807, 2.05) is 6.92 Å². The fourth-order valence-corrected chi connectivity index (χ4v) is 5.37. The number of hydrogen-bond acceptors (Lipinski definition) is 4. The first kappa shape index (κ1) is 19.3. The molecule has 2 fully saturated rings. The molecule has 2 aliphatic carbocycles. The largest absolute Gasteiger partial charge is 0.395 e. The maximum Gasteiger partial charge on any atom is 0.395 e. The van der Waals surface area contributed by atoms with Crippen molar-refractivity contribution >= 4 is 11.7 Å². The maximum atomic E-state index is 13.4. The Kier molecular flexibility index (Phi) is 4.44. The highest BCUT2D eigenvalue weighted by Crippen LogP contribution is 2.50. The van der Waals surface area contributed by atoms with E-state index in [0.29, 0.717) is 31.7 Å². The molecule has 3 aliphatic rings. The Morgan fingerprint density at radius 2 is 1.80 bits per heavy atom. The maximum absolute atomic E-state index is 13.4. The molecule has 0 spiro atoms. The van der Waals surface area contributed by atoms with Crippen molar-refractivity contribution in [2.24, 2.45) is 29.6 Å². The van der Waals surface area contributed by atoms with Gasteiger partial charge in [-0.25, -0.2) is 9.50 Å². The van der Waals surface area contributed by atoms with Crippen molar-refractivity contribution in [1.82, 2.24) is 24.5 Å². The van der Waals surface area contributed by atoms with Crippen LogP contribution in [0.5, 0.6) is 0 Å². The van der Waals surface area contributed by atoms with Gasteiger partial charge < -0.3 is 4.90 Å². The molecular formula is C21H22F3N5O. The zero-order chi connectivity index (χ0) is 21.0. The van der Waals surface area contributed by atoms with Gasteiger partial charge in [0.25, 0.3) is 11.7 Å². The van der Waals surface area contributed by atoms with Crippen LogP contribution in [0.15, 0.2) is 36.6 Å². The average molecular weight is 417 g/mol. The van der Waals surface area contributed by atoms with Gasteiger partial charge in [-0.15, -0.1) is 5.10 Å². The van der Waals surface area contributed by atoms with E-state index < -0.39 is 18.0 Å². The van der Waals surface area contributed by atoms with Crippen molar-refractivity contribution in [3.63, 3.8) is 0 Å². The molecule has 1 saturated heterocycles. The van der Waals surface area contributed by atoms with Gasteiger partial charge in [-0.05, 0) is 49.5 Å². The van der Waals surface area contributed by atoms with E-state index in [1.165, 1.54) is 12.2 Å². The van der Waals surface area contributed by atoms with Gasteiger partial charge in [-0.3, -0.25) is 4.79 Å². The summed E-state index contributed by atoms with van der Waals surface area (Å²) in [5, 5.41) is 4.29. The van der Waals surface area contributed by atoms with Crippen LogP contribution in [0.4, 0.5) is 13.2 Å². The molecule has 3 heterocycles. The van der Waals surface area contributed by atoms with Gasteiger partial charge in [0, 0.05) is 25.0 Å². The molecule has 1 saturated carbocycles. The number of hydrogen-bond donors (Lipinski definition) is 0. The first-order valence-electron chi connectivity index (χ1n) is 10.2. The minimum absolute atomic E-state index is 0.00903. The molecule has 30 heavy (non-hydrogen) atoms. The topological polar surface area (TPSA) is 63.4 Å². The van der Waals surface area contributed by atoms with Gasteiger partial charge in [0.2, 0.25) is 5.82 Å². The lowest BCUT2D eigenvalue weighted by Gasteiger charge is -2.31. The van der Waals surface area contributed by atoms with Crippen LogP contribution >= 0.6 is 0 Å². The van der Waals surface area contributed by atoms with Crippen molar-refractivity contribution < 1.29 is 18.0 Å². The van der Waals surface area contributed by atoms with E-state index in [-0.39, 0.29) is 29.5 Å². The summed E-state index contributed by atoms with van der Waals surface area (Å²) in [5.41, 5.74) is 0.835. The third-order valence-corrected chi connectivity index (χ3v) is 6.80. The number of likely N-dealkylation sites (tertiary alicyclic amines) is 1. The minimum atomic E-state index is -4.23. The standard InChI is InChI=1S/C21H22F3N5O/c1-12-6-7-25-20-26-18(27-29(12)20)19(30)28-10-14-8-13(9-15(14)11-28)16-4-2-3-5-17(16)21(22,23)24/h2-7,13-17H,8-11H2,1H3/t13-,14-,15+,16?,17?. The van der Waals surface area contributed by atoms with Gasteiger partial charge in [0.1, 0.15) is 0 Å². The lowest BCUT2D eigenvalue weighted by molar-refractivity contribution is -0.174. The Labute approximate surface area is 171 Å². The van der Waals surface area contributed by atoms with Crippen molar-refractivity contribution in [2.75, 3.05) is 13.1 Å². The van der Waals surface area contributed by atoms with Crippen molar-refractivity contribution in [1.29, 1.82) is 0 Å². The van der Waals surface area contributed by atoms with Crippen molar-refractivity contribution in [3.8, 4) is 0 Å². The molecule has 2 aromatic rings. The number of allylic oxidation sites excluding steroid dienone is 4. The second-order valence-electron chi connectivity index (χ2n) is 8.61. The number of carbonyl (C=O) groups excluding carboxylic acids is 1. The van der Waals surface area contributed by atoms with Gasteiger partial charge in [-0.1, -0.05) is 24.3 Å². The molecule has 5 atom stereocenters. The molecular weight excluding hydrogens is 395 g/mol. The molecule has 1 aliphatic heterocycles. The van der Waals surface area contributed by atoms with Gasteiger partial charge >= 0.3 is 6.18 Å². The summed E-state index contributed by atoms with van der Waals surface area (Å²) in [7, 11) is 0. The van der Waals surface area contributed by atoms with E-state index in [4.69, 9.17) is 0 Å². The Bertz CT molecular complexity index is 1030. The summed E-state index contributed by atoms with van der Waals surface area (Å²) in [6, 6.07) is 1.79. The summed E-state index contributed by atoms with van der Waals surface area (Å²) in [6.07, 6.45) is 5.02. The summed E-state index contributed by atoms with van der Waals surface area (Å²) >= 11 is 0. The summed E-state index contributed by atoms with van der Waals surface area (Å²) in [4.78, 5) is 23.0. The van der Waals surface area contributed by atoms with E-state index in [0.717, 1.165) is 5.69 Å². The Hall–Kier alpha value is -2.71. The molecule has 2 unspecified atom stereocenters. The normalized spacial score (nSPS) is 30.9. The first-order chi connectivity index (χ1) is 14.3. The van der Waals surface area contributed by atoms with Crippen LogP contribution in [0, 0.1) is 36.5 Å². The molecule has 5 rings (SSSR count). The summed E-state index contributed by atoms with van der Waals surface area (Å²) < 4.78 is 41.9. The third-order valence-electron chi connectivity index (χ3n) is 6.80. The van der Waals surface area contributed by atoms with Gasteiger partial charge in [-0.2, -0.15) is 18.2 Å². The number of amides is 1. The van der Waals surface area contributed by atoms with E-state index in [2.05, 4.69) is 15.1 Å². The van der Waals surface area contributed by atoms with Crippen LogP contribution in [0.2, 0.25) is 0 Å². The molecule has 0 N–H and O–H groups in total. The number of halogens is 3. The smallest absolute Gasteiger partial charge is 0.335 e. The second-order valence-corrected chi connectivity index (χ2v) is 8.61. The van der Waals surface area contributed by atoms with E-state index in [1.54, 1.807) is 33.8 Å². The number of aromatic nitrogens is 4. The van der Waals surface area contributed by atoms with Crippen LogP contribution in [0.3, 0.4) is 0 Å². The quantitative estimate of drug-likeness (QED) is 0.751. The number of rotatable bonds is 2. The SMILES string of the molecule is Cc1ccnc2nc(C(=O)N3C[C@H]4C[C@@H](C5C=CC=CC5C(F)(F)F)C[C@H]4C3)nn12. The monoisotopic (exact) mass is 417 g/mol. The van der Waals surface area contributed by atoms with E-state index >= 15 is 0 Å². The van der Waals surface area contributed by atoms with Crippen LogP contribution in [0.25, 0.3) is 5.78 Å². The predicted molar refractivity (Wildman–Crippen MR) is 102 cm³/mol. The number of alkyl halides is 3. The number of nitrogens with zero attached hydrogens (tertiary/aromatic N) is 5. The zero-order valence-electron chi connectivity index (χ0n) is 16.5. The van der Waals surface area contributed by atoms with Crippen LogP contribution < -0.4 is 0 Å². The summed E-state index contributed by atoms with van der Waals surface area (Å²) in [6.45, 7) is 2.96. The lowest BCUT2D eigenvalue weighted by Crippen LogP contribution is -2.34. The average Bonchev–Trinajstić information content (AvgIpc) is 3.40. The fraction of sp³-hybridized carbons (Fsp3) is 0.524. The van der Waals surface area contributed by atoms with E-state index in [9.17, 15) is 18.0 Å². The molecule has 0 radical (unpaired) electrons.